The lowest BCUT2D eigenvalue weighted by Gasteiger charge is -2.31. The lowest BCUT2D eigenvalue weighted by atomic mass is 9.98. The van der Waals surface area contributed by atoms with Gasteiger partial charge >= 0.3 is 0 Å². The van der Waals surface area contributed by atoms with Gasteiger partial charge in [0.2, 0.25) is 10.0 Å². The summed E-state index contributed by atoms with van der Waals surface area (Å²) < 4.78 is 28.7. The van der Waals surface area contributed by atoms with Gasteiger partial charge in [-0.15, -0.1) is 0 Å². The van der Waals surface area contributed by atoms with Crippen LogP contribution in [0.1, 0.15) is 12.8 Å². The van der Waals surface area contributed by atoms with E-state index in [0.717, 1.165) is 19.4 Å². The molecule has 0 N–H and O–H groups in total. The van der Waals surface area contributed by atoms with Crippen molar-refractivity contribution in [2.24, 2.45) is 5.92 Å². The number of sulfonamides is 1. The first-order chi connectivity index (χ1) is 11.5. The smallest absolute Gasteiger partial charge is 0.269 e. The Morgan fingerprint density at radius 3 is 2.42 bits per heavy atom. The Morgan fingerprint density at radius 2 is 1.88 bits per heavy atom. The second-order valence-corrected chi connectivity index (χ2v) is 7.80. The predicted octanol–water partition coefficient (Wildman–Crippen LogP) is 1.89. The predicted molar refractivity (Wildman–Crippen MR) is 86.8 cm³/mol. The van der Waals surface area contributed by atoms with E-state index in [9.17, 15) is 18.5 Å². The SMILES string of the molecule is O=[N+]([O-])c1ccc(S(=O)(=O)N2CCC(Cn3ccnc3)CC2)cc1. The Kier molecular flexibility index (Phi) is 4.63. The molecule has 8 nitrogen and oxygen atoms in total. The molecular weight excluding hydrogens is 332 g/mol. The largest absolute Gasteiger partial charge is 0.337 e. The molecule has 1 saturated heterocycles. The van der Waals surface area contributed by atoms with Gasteiger partial charge in [-0.25, -0.2) is 13.4 Å². The van der Waals surface area contributed by atoms with E-state index >= 15 is 0 Å². The minimum Gasteiger partial charge on any atom is -0.337 e. The highest BCUT2D eigenvalue weighted by Crippen LogP contribution is 2.25. The summed E-state index contributed by atoms with van der Waals surface area (Å²) in [5.41, 5.74) is -0.118. The third-order valence-corrected chi connectivity index (χ3v) is 6.20. The second kappa shape index (κ2) is 6.70. The zero-order valence-electron chi connectivity index (χ0n) is 13.0. The molecule has 0 bridgehead atoms. The third kappa shape index (κ3) is 3.46. The van der Waals surface area contributed by atoms with Crippen molar-refractivity contribution in [3.05, 3.63) is 53.1 Å². The van der Waals surface area contributed by atoms with E-state index in [-0.39, 0.29) is 10.6 Å². The van der Waals surface area contributed by atoms with Crippen LogP contribution in [0.25, 0.3) is 0 Å². The molecule has 1 fully saturated rings. The summed E-state index contributed by atoms with van der Waals surface area (Å²) in [6.45, 7) is 1.75. The molecule has 0 atom stereocenters. The van der Waals surface area contributed by atoms with E-state index in [1.807, 2.05) is 10.8 Å². The fraction of sp³-hybridized carbons (Fsp3) is 0.400. The van der Waals surface area contributed by atoms with E-state index in [4.69, 9.17) is 0 Å². The molecule has 1 aliphatic rings. The van der Waals surface area contributed by atoms with Crippen LogP contribution in [0, 0.1) is 16.0 Å². The maximum atomic E-state index is 12.6. The fourth-order valence-electron chi connectivity index (χ4n) is 2.91. The van der Waals surface area contributed by atoms with Gasteiger partial charge in [0, 0.05) is 44.2 Å². The first kappa shape index (κ1) is 16.6. The average Bonchev–Trinajstić information content (AvgIpc) is 3.08. The van der Waals surface area contributed by atoms with Crippen LogP contribution in [0.2, 0.25) is 0 Å². The van der Waals surface area contributed by atoms with Crippen LogP contribution in [0.4, 0.5) is 5.69 Å². The van der Waals surface area contributed by atoms with Crippen LogP contribution < -0.4 is 0 Å². The summed E-state index contributed by atoms with van der Waals surface area (Å²) in [6, 6.07) is 5.04. The van der Waals surface area contributed by atoms with E-state index in [0.29, 0.717) is 19.0 Å². The van der Waals surface area contributed by atoms with E-state index in [2.05, 4.69) is 4.98 Å². The van der Waals surface area contributed by atoms with Gasteiger partial charge in [0.1, 0.15) is 0 Å². The van der Waals surface area contributed by atoms with E-state index in [1.54, 1.807) is 12.5 Å². The molecule has 1 aromatic carbocycles. The van der Waals surface area contributed by atoms with Crippen molar-refractivity contribution < 1.29 is 13.3 Å². The molecule has 3 rings (SSSR count). The molecule has 24 heavy (non-hydrogen) atoms. The fourth-order valence-corrected chi connectivity index (χ4v) is 4.38. The van der Waals surface area contributed by atoms with Crippen LogP contribution >= 0.6 is 0 Å². The van der Waals surface area contributed by atoms with Gasteiger partial charge < -0.3 is 4.57 Å². The quantitative estimate of drug-likeness (QED) is 0.606. The first-order valence-corrected chi connectivity index (χ1v) is 9.11. The summed E-state index contributed by atoms with van der Waals surface area (Å²) in [7, 11) is -3.60. The average molecular weight is 350 g/mol. The van der Waals surface area contributed by atoms with Gasteiger partial charge in [-0.1, -0.05) is 0 Å². The van der Waals surface area contributed by atoms with Gasteiger partial charge in [-0.2, -0.15) is 4.31 Å². The van der Waals surface area contributed by atoms with Gasteiger partial charge in [0.25, 0.3) is 5.69 Å². The first-order valence-electron chi connectivity index (χ1n) is 7.67. The van der Waals surface area contributed by atoms with Gasteiger partial charge in [0.05, 0.1) is 16.1 Å². The maximum Gasteiger partial charge on any atom is 0.269 e. The summed E-state index contributed by atoms with van der Waals surface area (Å²) in [5.74, 6) is 0.419. The third-order valence-electron chi connectivity index (χ3n) is 4.29. The molecule has 9 heteroatoms. The molecule has 128 valence electrons. The normalized spacial score (nSPS) is 17.0. The lowest BCUT2D eigenvalue weighted by molar-refractivity contribution is -0.384. The number of nitro benzene ring substituents is 1. The molecule has 0 radical (unpaired) electrons. The topological polar surface area (TPSA) is 98.3 Å². The summed E-state index contributed by atoms with van der Waals surface area (Å²) in [5, 5.41) is 10.7. The van der Waals surface area contributed by atoms with E-state index in [1.165, 1.54) is 28.6 Å². The molecule has 2 aromatic rings. The Morgan fingerprint density at radius 1 is 1.21 bits per heavy atom. The van der Waals surface area contributed by atoms with Crippen LogP contribution in [0.15, 0.2) is 47.9 Å². The van der Waals surface area contributed by atoms with Gasteiger partial charge in [-0.3, -0.25) is 10.1 Å². The number of non-ortho nitro benzene ring substituents is 1. The molecule has 1 aromatic heterocycles. The number of nitrogens with zero attached hydrogens (tertiary/aromatic N) is 4. The summed E-state index contributed by atoms with van der Waals surface area (Å²) in [6.07, 6.45) is 6.96. The van der Waals surface area contributed by atoms with Crippen molar-refractivity contribution >= 4 is 15.7 Å². The lowest BCUT2D eigenvalue weighted by Crippen LogP contribution is -2.39. The van der Waals surface area contributed by atoms with Crippen molar-refractivity contribution in [1.82, 2.24) is 13.9 Å². The molecule has 2 heterocycles. The molecule has 1 aliphatic heterocycles. The monoisotopic (exact) mass is 350 g/mol. The molecular formula is C15H18N4O4S. The van der Waals surface area contributed by atoms with Crippen molar-refractivity contribution in [2.45, 2.75) is 24.3 Å². The summed E-state index contributed by atoms with van der Waals surface area (Å²) in [4.78, 5) is 14.2. The van der Waals surface area contributed by atoms with Crippen molar-refractivity contribution in [3.8, 4) is 0 Å². The Labute approximate surface area is 139 Å². The minimum atomic E-state index is -3.60. The highest BCUT2D eigenvalue weighted by molar-refractivity contribution is 7.89. The van der Waals surface area contributed by atoms with Crippen LogP contribution in [0.3, 0.4) is 0 Å². The highest BCUT2D eigenvalue weighted by atomic mass is 32.2. The molecule has 0 unspecified atom stereocenters. The second-order valence-electron chi connectivity index (χ2n) is 5.86. The minimum absolute atomic E-state index is 0.0983. The van der Waals surface area contributed by atoms with Gasteiger partial charge in [-0.05, 0) is 30.9 Å². The molecule has 0 spiro atoms. The Balaban J connectivity index is 1.65. The number of hydrogen-bond donors (Lipinski definition) is 0. The number of nitro groups is 1. The van der Waals surface area contributed by atoms with Crippen LogP contribution in [-0.4, -0.2) is 40.3 Å². The maximum absolute atomic E-state index is 12.6. The van der Waals surface area contributed by atoms with E-state index < -0.39 is 14.9 Å². The number of benzene rings is 1. The highest BCUT2D eigenvalue weighted by Gasteiger charge is 2.29. The standard InChI is InChI=1S/C15H18N4O4S/c20-19(21)14-1-3-15(4-2-14)24(22,23)18-8-5-13(6-9-18)11-17-10-7-16-12-17/h1-4,7,10,12-13H,5-6,8-9,11H2. The van der Waals surface area contributed by atoms with Crippen molar-refractivity contribution in [2.75, 3.05) is 13.1 Å². The van der Waals surface area contributed by atoms with Crippen molar-refractivity contribution in [1.29, 1.82) is 0 Å². The van der Waals surface area contributed by atoms with Crippen LogP contribution in [0.5, 0.6) is 0 Å². The zero-order valence-corrected chi connectivity index (χ0v) is 13.8. The Hall–Kier alpha value is -2.26. The summed E-state index contributed by atoms with van der Waals surface area (Å²) >= 11 is 0. The van der Waals surface area contributed by atoms with Gasteiger partial charge in [0.15, 0.2) is 0 Å². The number of rotatable bonds is 5. The van der Waals surface area contributed by atoms with Crippen molar-refractivity contribution in [3.63, 3.8) is 0 Å². The zero-order chi connectivity index (χ0) is 17.2. The number of aromatic nitrogens is 2. The number of piperidine rings is 1. The Bertz CT molecular complexity index is 795. The van der Waals surface area contributed by atoms with Crippen LogP contribution in [-0.2, 0) is 16.6 Å². The number of imidazole rings is 1. The number of hydrogen-bond acceptors (Lipinski definition) is 5. The molecule has 0 amide bonds. The molecule has 0 aliphatic carbocycles. The molecule has 0 saturated carbocycles.